The third kappa shape index (κ3) is 3.33. The lowest BCUT2D eigenvalue weighted by Gasteiger charge is -2.18. The number of aryl methyl sites for hydroxylation is 2. The molecule has 0 bridgehead atoms. The number of nitrogens with zero attached hydrogens (tertiary/aromatic N) is 6. The summed E-state index contributed by atoms with van der Waals surface area (Å²) in [6.45, 7) is 10.5. The first kappa shape index (κ1) is 18.1. The molecule has 0 amide bonds. The molecule has 4 heterocycles. The van der Waals surface area contributed by atoms with Gasteiger partial charge in [-0.25, -0.2) is 4.52 Å². The van der Waals surface area contributed by atoms with E-state index >= 15 is 0 Å². The summed E-state index contributed by atoms with van der Waals surface area (Å²) >= 11 is 0. The third-order valence-corrected chi connectivity index (χ3v) is 4.36. The maximum absolute atomic E-state index is 6.08. The van der Waals surface area contributed by atoms with Crippen LogP contribution in [-0.4, -0.2) is 30.0 Å². The van der Waals surface area contributed by atoms with Gasteiger partial charge in [-0.05, 0) is 30.9 Å². The molecule has 0 aliphatic heterocycles. The lowest BCUT2D eigenvalue weighted by Crippen LogP contribution is -2.13. The van der Waals surface area contributed by atoms with Crippen LogP contribution in [0.25, 0.3) is 17.0 Å². The molecule has 0 saturated heterocycles. The molecule has 0 aliphatic carbocycles. The maximum Gasteiger partial charge on any atom is 0.238 e. The van der Waals surface area contributed by atoms with E-state index in [0.29, 0.717) is 29.8 Å². The minimum absolute atomic E-state index is 0.210. The molecule has 4 rings (SSSR count). The van der Waals surface area contributed by atoms with E-state index in [4.69, 9.17) is 9.26 Å². The van der Waals surface area contributed by atoms with Crippen molar-refractivity contribution in [2.24, 2.45) is 0 Å². The second-order valence-corrected chi connectivity index (χ2v) is 7.83. The van der Waals surface area contributed by atoms with E-state index < -0.39 is 0 Å². The normalized spacial score (nSPS) is 11.9. The summed E-state index contributed by atoms with van der Waals surface area (Å²) in [4.78, 5) is 4.40. The first-order valence-electron chi connectivity index (χ1n) is 9.06. The van der Waals surface area contributed by atoms with Gasteiger partial charge in [-0.3, -0.25) is 4.98 Å². The highest BCUT2D eigenvalue weighted by molar-refractivity contribution is 5.64. The Morgan fingerprint density at radius 2 is 1.96 bits per heavy atom. The predicted octanol–water partition coefficient (Wildman–Crippen LogP) is 3.67. The topological polar surface area (TPSA) is 91.2 Å². The van der Waals surface area contributed by atoms with Gasteiger partial charge in [0.05, 0.1) is 17.4 Å². The summed E-state index contributed by atoms with van der Waals surface area (Å²) in [6.07, 6.45) is 3.52. The zero-order chi connectivity index (χ0) is 19.9. The Balaban J connectivity index is 1.79. The smallest absolute Gasteiger partial charge is 0.238 e. The van der Waals surface area contributed by atoms with Crippen LogP contribution in [0.2, 0.25) is 0 Å². The second kappa shape index (κ2) is 6.70. The van der Waals surface area contributed by atoms with E-state index in [1.165, 1.54) is 0 Å². The Kier molecular flexibility index (Phi) is 4.33. The van der Waals surface area contributed by atoms with Gasteiger partial charge in [0.15, 0.2) is 5.69 Å². The van der Waals surface area contributed by atoms with Crippen LogP contribution in [0.4, 0.5) is 0 Å². The van der Waals surface area contributed by atoms with E-state index in [1.54, 1.807) is 16.8 Å². The van der Waals surface area contributed by atoms with Crippen molar-refractivity contribution in [1.82, 2.24) is 30.0 Å². The van der Waals surface area contributed by atoms with Crippen molar-refractivity contribution in [2.75, 3.05) is 0 Å². The molecular weight excluding hydrogens is 356 g/mol. The van der Waals surface area contributed by atoms with Crippen LogP contribution in [0.15, 0.2) is 35.1 Å². The molecule has 0 aromatic carbocycles. The lowest BCUT2D eigenvalue weighted by atomic mass is 9.88. The zero-order valence-electron chi connectivity index (χ0n) is 16.6. The van der Waals surface area contributed by atoms with Gasteiger partial charge in [0.25, 0.3) is 0 Å². The maximum atomic E-state index is 6.08. The Bertz CT molecular complexity index is 1120. The minimum Gasteiger partial charge on any atom is -0.470 e. The molecule has 4 aromatic rings. The average molecular weight is 378 g/mol. The summed E-state index contributed by atoms with van der Waals surface area (Å²) in [5, 5.41) is 17.1. The van der Waals surface area contributed by atoms with E-state index in [-0.39, 0.29) is 5.41 Å². The van der Waals surface area contributed by atoms with Crippen LogP contribution in [-0.2, 0) is 12.0 Å². The highest BCUT2D eigenvalue weighted by Crippen LogP contribution is 2.35. The van der Waals surface area contributed by atoms with Crippen molar-refractivity contribution in [3.05, 3.63) is 53.2 Å². The lowest BCUT2D eigenvalue weighted by molar-refractivity contribution is 0.280. The zero-order valence-corrected chi connectivity index (χ0v) is 16.6. The number of aromatic nitrogens is 6. The summed E-state index contributed by atoms with van der Waals surface area (Å²) in [5.74, 6) is 1.73. The molecule has 0 aliphatic rings. The molecule has 0 unspecified atom stereocenters. The van der Waals surface area contributed by atoms with E-state index in [1.807, 2.05) is 32.2 Å². The van der Waals surface area contributed by atoms with Crippen LogP contribution in [0, 0.1) is 13.8 Å². The van der Waals surface area contributed by atoms with Crippen molar-refractivity contribution in [3.8, 4) is 17.4 Å². The van der Waals surface area contributed by atoms with Gasteiger partial charge in [0.2, 0.25) is 11.7 Å². The molecule has 8 heteroatoms. The highest BCUT2D eigenvalue weighted by atomic mass is 16.5. The van der Waals surface area contributed by atoms with Gasteiger partial charge in [0.1, 0.15) is 12.4 Å². The molecule has 0 atom stereocenters. The molecule has 8 nitrogen and oxygen atoms in total. The largest absolute Gasteiger partial charge is 0.470 e. The fourth-order valence-corrected chi connectivity index (χ4v) is 3.04. The number of fused-ring (bicyclic) bond motifs is 1. The monoisotopic (exact) mass is 378 g/mol. The van der Waals surface area contributed by atoms with E-state index in [0.717, 1.165) is 22.3 Å². The van der Waals surface area contributed by atoms with Gasteiger partial charge in [-0.15, -0.1) is 10.2 Å². The van der Waals surface area contributed by atoms with Gasteiger partial charge in [0, 0.05) is 17.8 Å². The second-order valence-electron chi connectivity index (χ2n) is 7.83. The molecule has 0 fully saturated rings. The molecule has 0 spiro atoms. The molecule has 4 aromatic heterocycles. The Hall–Kier alpha value is -3.29. The Labute approximate surface area is 162 Å². The molecule has 28 heavy (non-hydrogen) atoms. The fourth-order valence-electron chi connectivity index (χ4n) is 3.04. The van der Waals surface area contributed by atoms with Crippen molar-refractivity contribution < 1.29 is 9.26 Å². The number of rotatable bonds is 4. The third-order valence-electron chi connectivity index (χ3n) is 4.36. The number of ether oxygens (including phenoxy) is 1. The number of pyridine rings is 1. The van der Waals surface area contributed by atoms with E-state index in [9.17, 15) is 0 Å². The van der Waals surface area contributed by atoms with Gasteiger partial charge >= 0.3 is 0 Å². The average Bonchev–Trinajstić information content (AvgIpc) is 3.24. The quantitative estimate of drug-likeness (QED) is 0.535. The Morgan fingerprint density at radius 1 is 1.14 bits per heavy atom. The van der Waals surface area contributed by atoms with Crippen LogP contribution in [0.5, 0.6) is 5.88 Å². The summed E-state index contributed by atoms with van der Waals surface area (Å²) in [6, 6.07) is 5.77. The van der Waals surface area contributed by atoms with Crippen molar-refractivity contribution in [3.63, 3.8) is 0 Å². The van der Waals surface area contributed by atoms with Crippen molar-refractivity contribution in [1.29, 1.82) is 0 Å². The van der Waals surface area contributed by atoms with Gasteiger partial charge in [-0.2, -0.15) is 5.10 Å². The van der Waals surface area contributed by atoms with Crippen LogP contribution in [0.1, 0.15) is 43.4 Å². The summed E-state index contributed by atoms with van der Waals surface area (Å²) in [7, 11) is 0. The SMILES string of the molecule is Cc1ccc(COc2nn3c(-c4cc(C)on4)nncc3c2C(C)(C)C)nc1. The highest BCUT2D eigenvalue weighted by Gasteiger charge is 2.28. The molecule has 144 valence electrons. The number of hydrogen-bond donors (Lipinski definition) is 0. The molecular formula is C20H22N6O2. The molecule has 0 N–H and O–H groups in total. The number of hydrogen-bond acceptors (Lipinski definition) is 7. The van der Waals surface area contributed by atoms with Crippen molar-refractivity contribution in [2.45, 2.75) is 46.6 Å². The Morgan fingerprint density at radius 3 is 2.61 bits per heavy atom. The first-order chi connectivity index (χ1) is 13.3. The van der Waals surface area contributed by atoms with Crippen LogP contribution < -0.4 is 4.74 Å². The van der Waals surface area contributed by atoms with Crippen LogP contribution in [0.3, 0.4) is 0 Å². The fraction of sp³-hybridized carbons (Fsp3) is 0.350. The first-order valence-corrected chi connectivity index (χ1v) is 9.06. The van der Waals surface area contributed by atoms with Gasteiger partial charge < -0.3 is 9.26 Å². The molecule has 0 saturated carbocycles. The summed E-state index contributed by atoms with van der Waals surface area (Å²) in [5.41, 5.74) is 4.09. The minimum atomic E-state index is -0.210. The molecule has 0 radical (unpaired) electrons. The van der Waals surface area contributed by atoms with Gasteiger partial charge in [-0.1, -0.05) is 32.0 Å². The summed E-state index contributed by atoms with van der Waals surface area (Å²) < 4.78 is 13.0. The standard InChI is InChI=1S/C20H22N6O2/c1-12-6-7-14(21-9-12)11-27-19-17(20(3,4)5)16-10-22-23-18(26(16)24-19)15-8-13(2)28-25-15/h6-10H,11H2,1-5H3. The van der Waals surface area contributed by atoms with Crippen molar-refractivity contribution >= 4 is 5.52 Å². The van der Waals surface area contributed by atoms with Crippen LogP contribution >= 0.6 is 0 Å². The predicted molar refractivity (Wildman–Crippen MR) is 103 cm³/mol. The van der Waals surface area contributed by atoms with E-state index in [2.05, 4.69) is 46.2 Å².